The minimum atomic E-state index is -0.250. The van der Waals surface area contributed by atoms with Gasteiger partial charge in [0, 0.05) is 6.20 Å². The van der Waals surface area contributed by atoms with E-state index in [-0.39, 0.29) is 11.7 Å². The average Bonchev–Trinajstić information content (AvgIpc) is 2.91. The Labute approximate surface area is 147 Å². The van der Waals surface area contributed by atoms with Crippen molar-refractivity contribution in [2.45, 2.75) is 0 Å². The molecule has 6 nitrogen and oxygen atoms in total. The van der Waals surface area contributed by atoms with Crippen LogP contribution < -0.4 is 10.1 Å². The van der Waals surface area contributed by atoms with E-state index in [0.29, 0.717) is 26.7 Å². The maximum Gasteiger partial charge on any atom is 0.264 e. The lowest BCUT2D eigenvalue weighted by Crippen LogP contribution is -2.19. The Balaban J connectivity index is 1.83. The van der Waals surface area contributed by atoms with E-state index in [1.165, 1.54) is 31.1 Å². The summed E-state index contributed by atoms with van der Waals surface area (Å²) in [4.78, 5) is 20.9. The number of pyridine rings is 1. The number of aliphatic imine (C=N–C) groups is 1. The molecule has 1 aliphatic rings. The van der Waals surface area contributed by atoms with E-state index < -0.39 is 0 Å². The number of ether oxygens (including phenoxy) is 1. The fourth-order valence-electron chi connectivity index (χ4n) is 1.95. The molecule has 1 saturated heterocycles. The van der Waals surface area contributed by atoms with Crippen molar-refractivity contribution in [1.29, 1.82) is 0 Å². The van der Waals surface area contributed by atoms with E-state index in [1.807, 2.05) is 0 Å². The molecule has 1 aliphatic heterocycles. The van der Waals surface area contributed by atoms with Gasteiger partial charge < -0.3 is 15.2 Å². The number of nitrogens with one attached hydrogen (secondary N) is 1. The quantitative estimate of drug-likeness (QED) is 0.819. The Morgan fingerprint density at radius 1 is 1.38 bits per heavy atom. The van der Waals surface area contributed by atoms with Gasteiger partial charge in [0.25, 0.3) is 5.91 Å². The number of aromatic nitrogens is 1. The number of halogens is 1. The maximum atomic E-state index is 12.1. The van der Waals surface area contributed by atoms with Crippen LogP contribution in [0.15, 0.2) is 46.4 Å². The highest BCUT2D eigenvalue weighted by Gasteiger charge is 2.24. The monoisotopic (exact) mass is 361 g/mol. The molecule has 0 bridgehead atoms. The number of benzene rings is 1. The van der Waals surface area contributed by atoms with E-state index >= 15 is 0 Å². The Hall–Kier alpha value is -2.51. The standard InChI is InChI=1S/C16H12ClN3O3S/c1-23-12-6-9(2-4-11(12)21)7-13-15(22)20-16(24-13)19-14-5-3-10(17)8-18-14/h2-8,21H,1H3,(H,18,19,20,22)/b13-7-. The SMILES string of the molecule is COc1cc(/C=C2\SC(=Nc3ccc(Cl)cn3)NC2=O)ccc1O. The predicted octanol–water partition coefficient (Wildman–Crippen LogP) is 3.34. The van der Waals surface area contributed by atoms with Crippen LogP contribution in [0, 0.1) is 0 Å². The molecule has 122 valence electrons. The second-order valence-electron chi connectivity index (χ2n) is 4.75. The third-order valence-corrected chi connectivity index (χ3v) is 4.21. The first-order valence-corrected chi connectivity index (χ1v) is 8.03. The summed E-state index contributed by atoms with van der Waals surface area (Å²) in [7, 11) is 1.47. The molecule has 0 radical (unpaired) electrons. The van der Waals surface area contributed by atoms with Crippen molar-refractivity contribution in [3.63, 3.8) is 0 Å². The van der Waals surface area contributed by atoms with Crippen LogP contribution in [0.3, 0.4) is 0 Å². The summed E-state index contributed by atoms with van der Waals surface area (Å²) in [6, 6.07) is 8.18. The molecule has 0 spiro atoms. The number of phenolic OH excluding ortho intramolecular Hbond substituents is 1. The second-order valence-corrected chi connectivity index (χ2v) is 6.21. The average molecular weight is 362 g/mol. The van der Waals surface area contributed by atoms with Crippen LogP contribution in [0.1, 0.15) is 5.56 Å². The molecule has 0 atom stereocenters. The van der Waals surface area contributed by atoms with Crippen molar-refractivity contribution in [2.24, 2.45) is 4.99 Å². The number of phenols is 1. The van der Waals surface area contributed by atoms with Crippen LogP contribution in [0.2, 0.25) is 5.02 Å². The minimum Gasteiger partial charge on any atom is -0.504 e. The molecule has 1 aromatic heterocycles. The lowest BCUT2D eigenvalue weighted by molar-refractivity contribution is -0.115. The number of nitrogens with zero attached hydrogens (tertiary/aromatic N) is 2. The van der Waals surface area contributed by atoms with Gasteiger partial charge in [-0.05, 0) is 47.7 Å². The normalized spacial score (nSPS) is 17.3. The highest BCUT2D eigenvalue weighted by Crippen LogP contribution is 2.31. The van der Waals surface area contributed by atoms with Gasteiger partial charge in [-0.1, -0.05) is 17.7 Å². The summed E-state index contributed by atoms with van der Waals surface area (Å²) in [6.45, 7) is 0. The number of amides is 1. The Morgan fingerprint density at radius 2 is 2.21 bits per heavy atom. The van der Waals surface area contributed by atoms with E-state index in [9.17, 15) is 9.90 Å². The number of carbonyl (C=O) groups is 1. The molecule has 0 aliphatic carbocycles. The Bertz CT molecular complexity index is 850. The third kappa shape index (κ3) is 3.69. The summed E-state index contributed by atoms with van der Waals surface area (Å²) in [5, 5.41) is 13.2. The summed E-state index contributed by atoms with van der Waals surface area (Å²) in [5.41, 5.74) is 0.730. The zero-order chi connectivity index (χ0) is 17.1. The van der Waals surface area contributed by atoms with Crippen molar-refractivity contribution in [1.82, 2.24) is 10.3 Å². The first-order valence-electron chi connectivity index (χ1n) is 6.83. The fraction of sp³-hybridized carbons (Fsp3) is 0.0625. The van der Waals surface area contributed by atoms with Crippen LogP contribution in [0.5, 0.6) is 11.5 Å². The van der Waals surface area contributed by atoms with Crippen molar-refractivity contribution in [3.05, 3.63) is 52.0 Å². The Kier molecular flexibility index (Phi) is 4.73. The number of hydrogen-bond donors (Lipinski definition) is 2. The second kappa shape index (κ2) is 6.94. The van der Waals surface area contributed by atoms with Crippen LogP contribution >= 0.6 is 23.4 Å². The molecular formula is C16H12ClN3O3S. The van der Waals surface area contributed by atoms with Gasteiger partial charge in [0.1, 0.15) is 0 Å². The number of hydrogen-bond acceptors (Lipinski definition) is 6. The molecule has 3 rings (SSSR count). The molecule has 2 aromatic rings. The number of methoxy groups -OCH3 is 1. The first-order chi connectivity index (χ1) is 11.5. The number of rotatable bonds is 3. The van der Waals surface area contributed by atoms with Gasteiger partial charge in [-0.2, -0.15) is 0 Å². The molecule has 2 N–H and O–H groups in total. The van der Waals surface area contributed by atoms with Gasteiger partial charge in [0.15, 0.2) is 22.5 Å². The van der Waals surface area contributed by atoms with E-state index in [1.54, 1.807) is 30.3 Å². The number of amidine groups is 1. The summed E-state index contributed by atoms with van der Waals surface area (Å²) in [5.74, 6) is 0.584. The zero-order valence-electron chi connectivity index (χ0n) is 12.5. The molecule has 0 unspecified atom stereocenters. The third-order valence-electron chi connectivity index (χ3n) is 3.08. The predicted molar refractivity (Wildman–Crippen MR) is 94.7 cm³/mol. The number of carbonyl (C=O) groups excluding carboxylic acids is 1. The molecule has 24 heavy (non-hydrogen) atoms. The molecule has 2 heterocycles. The topological polar surface area (TPSA) is 83.8 Å². The first kappa shape index (κ1) is 16.4. The summed E-state index contributed by atoms with van der Waals surface area (Å²) >= 11 is 6.98. The van der Waals surface area contributed by atoms with Crippen molar-refractivity contribution in [2.75, 3.05) is 7.11 Å². The van der Waals surface area contributed by atoms with Gasteiger partial charge in [-0.3, -0.25) is 4.79 Å². The van der Waals surface area contributed by atoms with Crippen molar-refractivity contribution < 1.29 is 14.6 Å². The zero-order valence-corrected chi connectivity index (χ0v) is 14.1. The molecule has 1 aromatic carbocycles. The van der Waals surface area contributed by atoms with Crippen LogP contribution in [0.25, 0.3) is 6.08 Å². The molecule has 8 heteroatoms. The molecule has 0 saturated carbocycles. The molecular weight excluding hydrogens is 350 g/mol. The largest absolute Gasteiger partial charge is 0.504 e. The van der Waals surface area contributed by atoms with Crippen molar-refractivity contribution >= 4 is 46.3 Å². The number of thioether (sulfide) groups is 1. The van der Waals surface area contributed by atoms with Crippen LogP contribution in [-0.2, 0) is 4.79 Å². The summed E-state index contributed by atoms with van der Waals surface area (Å²) < 4.78 is 5.06. The van der Waals surface area contributed by atoms with Crippen LogP contribution in [0.4, 0.5) is 5.82 Å². The lowest BCUT2D eigenvalue weighted by Gasteiger charge is -2.03. The molecule has 1 amide bonds. The van der Waals surface area contributed by atoms with E-state index in [4.69, 9.17) is 16.3 Å². The highest BCUT2D eigenvalue weighted by atomic mass is 35.5. The lowest BCUT2D eigenvalue weighted by atomic mass is 10.2. The van der Waals surface area contributed by atoms with Gasteiger partial charge in [-0.25, -0.2) is 9.98 Å². The van der Waals surface area contributed by atoms with Gasteiger partial charge in [0.2, 0.25) is 0 Å². The highest BCUT2D eigenvalue weighted by molar-refractivity contribution is 8.18. The fourth-order valence-corrected chi connectivity index (χ4v) is 2.90. The van der Waals surface area contributed by atoms with Gasteiger partial charge in [-0.15, -0.1) is 0 Å². The summed E-state index contributed by atoms with van der Waals surface area (Å²) in [6.07, 6.45) is 3.18. The van der Waals surface area contributed by atoms with Gasteiger partial charge in [0.05, 0.1) is 17.0 Å². The number of aromatic hydroxyl groups is 1. The minimum absolute atomic E-state index is 0.0410. The van der Waals surface area contributed by atoms with Gasteiger partial charge >= 0.3 is 0 Å². The van der Waals surface area contributed by atoms with Crippen LogP contribution in [-0.4, -0.2) is 28.3 Å². The van der Waals surface area contributed by atoms with Crippen molar-refractivity contribution in [3.8, 4) is 11.5 Å². The molecule has 1 fully saturated rings. The maximum absolute atomic E-state index is 12.1. The van der Waals surface area contributed by atoms with E-state index in [0.717, 1.165) is 5.56 Å². The Morgan fingerprint density at radius 3 is 2.92 bits per heavy atom. The smallest absolute Gasteiger partial charge is 0.264 e. The van der Waals surface area contributed by atoms with E-state index in [2.05, 4.69) is 15.3 Å².